The van der Waals surface area contributed by atoms with Crippen LogP contribution in [0, 0.1) is 5.92 Å². The topological polar surface area (TPSA) is 26.3 Å². The summed E-state index contributed by atoms with van der Waals surface area (Å²) in [4.78, 5) is 10.7. The first-order chi connectivity index (χ1) is 5.33. The normalized spacial score (nSPS) is 17.2. The molecule has 0 aromatic heterocycles. The van der Waals surface area contributed by atoms with Crippen LogP contribution in [0.1, 0.15) is 25.7 Å². The maximum absolute atomic E-state index is 10.7. The van der Waals surface area contributed by atoms with Crippen molar-refractivity contribution >= 4 is 5.97 Å². The third kappa shape index (κ3) is 2.74. The number of esters is 1. The van der Waals surface area contributed by atoms with E-state index in [1.165, 1.54) is 7.11 Å². The Morgan fingerprint density at radius 2 is 2.18 bits per heavy atom. The Morgan fingerprint density at radius 1 is 1.55 bits per heavy atom. The quantitative estimate of drug-likeness (QED) is 0.458. The van der Waals surface area contributed by atoms with Gasteiger partial charge in [0.1, 0.15) is 0 Å². The minimum atomic E-state index is -0.0862. The molecule has 0 aromatic rings. The fourth-order valence-corrected chi connectivity index (χ4v) is 1.33. The van der Waals surface area contributed by atoms with Crippen LogP contribution in [0.2, 0.25) is 0 Å². The highest BCUT2D eigenvalue weighted by molar-refractivity contribution is 5.69. The lowest BCUT2D eigenvalue weighted by Gasteiger charge is -2.06. The molecule has 1 aliphatic carbocycles. The van der Waals surface area contributed by atoms with Crippen molar-refractivity contribution in [3.8, 4) is 0 Å². The predicted octanol–water partition coefficient (Wildman–Crippen LogP) is 1.91. The minimum absolute atomic E-state index is 0.0862. The molecular weight excluding hydrogens is 140 g/mol. The maximum atomic E-state index is 10.7. The summed E-state index contributed by atoms with van der Waals surface area (Å²) in [6.07, 6.45) is 8.18. The van der Waals surface area contributed by atoms with Crippen LogP contribution in [0.25, 0.3) is 0 Å². The molecule has 0 spiro atoms. The van der Waals surface area contributed by atoms with Crippen molar-refractivity contribution in [2.75, 3.05) is 7.11 Å². The van der Waals surface area contributed by atoms with Crippen LogP contribution in [0.15, 0.2) is 12.2 Å². The summed E-state index contributed by atoms with van der Waals surface area (Å²) in [6.45, 7) is 0. The average molecular weight is 154 g/mol. The van der Waals surface area contributed by atoms with Gasteiger partial charge in [-0.05, 0) is 25.2 Å². The Bertz CT molecular complexity index is 153. The minimum Gasteiger partial charge on any atom is -0.469 e. The van der Waals surface area contributed by atoms with Gasteiger partial charge >= 0.3 is 5.97 Å². The van der Waals surface area contributed by atoms with Crippen LogP contribution in [0.5, 0.6) is 0 Å². The van der Waals surface area contributed by atoms with E-state index in [0.717, 1.165) is 19.3 Å². The summed E-state index contributed by atoms with van der Waals surface area (Å²) in [7, 11) is 1.44. The van der Waals surface area contributed by atoms with Gasteiger partial charge in [-0.15, -0.1) is 0 Å². The van der Waals surface area contributed by atoms with E-state index in [1.54, 1.807) is 0 Å². The lowest BCUT2D eigenvalue weighted by molar-refractivity contribution is -0.140. The average Bonchev–Trinajstić information content (AvgIpc) is 2.52. The molecule has 2 heteroatoms. The number of carbonyl (C=O) groups is 1. The number of rotatable bonds is 3. The molecule has 2 nitrogen and oxygen atoms in total. The van der Waals surface area contributed by atoms with Crippen molar-refractivity contribution in [2.45, 2.75) is 25.7 Å². The second kappa shape index (κ2) is 4.16. The van der Waals surface area contributed by atoms with Crippen molar-refractivity contribution < 1.29 is 9.53 Å². The standard InChI is InChI=1S/C9H14O2/c1-11-9(10)7-6-8-4-2-3-5-8/h2-3,8H,4-7H2,1H3. The summed E-state index contributed by atoms with van der Waals surface area (Å²) in [5.74, 6) is 0.603. The first kappa shape index (κ1) is 8.31. The smallest absolute Gasteiger partial charge is 0.305 e. The molecule has 0 aromatic carbocycles. The number of hydrogen-bond donors (Lipinski definition) is 0. The third-order valence-corrected chi connectivity index (χ3v) is 2.09. The molecule has 0 amide bonds. The van der Waals surface area contributed by atoms with E-state index < -0.39 is 0 Å². The van der Waals surface area contributed by atoms with Gasteiger partial charge in [-0.1, -0.05) is 12.2 Å². The van der Waals surface area contributed by atoms with Gasteiger partial charge in [0.25, 0.3) is 0 Å². The zero-order chi connectivity index (χ0) is 8.10. The number of hydrogen-bond acceptors (Lipinski definition) is 2. The first-order valence-electron chi connectivity index (χ1n) is 4.04. The molecule has 1 aliphatic rings. The number of allylic oxidation sites excluding steroid dienone is 2. The monoisotopic (exact) mass is 154 g/mol. The van der Waals surface area contributed by atoms with Gasteiger partial charge in [0.05, 0.1) is 7.11 Å². The van der Waals surface area contributed by atoms with Crippen LogP contribution in [0.3, 0.4) is 0 Å². The summed E-state index contributed by atoms with van der Waals surface area (Å²) in [5, 5.41) is 0. The van der Waals surface area contributed by atoms with E-state index in [0.29, 0.717) is 12.3 Å². The van der Waals surface area contributed by atoms with E-state index in [9.17, 15) is 4.79 Å². The summed E-state index contributed by atoms with van der Waals surface area (Å²) in [6, 6.07) is 0. The van der Waals surface area contributed by atoms with E-state index in [-0.39, 0.29) is 5.97 Å². The van der Waals surface area contributed by atoms with Gasteiger partial charge in [-0.25, -0.2) is 0 Å². The summed E-state index contributed by atoms with van der Waals surface area (Å²) < 4.78 is 4.55. The number of ether oxygens (including phenoxy) is 1. The molecule has 0 bridgehead atoms. The highest BCUT2D eigenvalue weighted by atomic mass is 16.5. The fourth-order valence-electron chi connectivity index (χ4n) is 1.33. The van der Waals surface area contributed by atoms with Crippen molar-refractivity contribution in [3.63, 3.8) is 0 Å². The lowest BCUT2D eigenvalue weighted by Crippen LogP contribution is -2.03. The molecular formula is C9H14O2. The molecule has 62 valence electrons. The van der Waals surface area contributed by atoms with Crippen LogP contribution >= 0.6 is 0 Å². The molecule has 0 fully saturated rings. The van der Waals surface area contributed by atoms with Gasteiger partial charge in [0, 0.05) is 6.42 Å². The van der Waals surface area contributed by atoms with Crippen molar-refractivity contribution in [1.29, 1.82) is 0 Å². The highest BCUT2D eigenvalue weighted by Gasteiger charge is 2.11. The maximum Gasteiger partial charge on any atom is 0.305 e. The molecule has 1 rings (SSSR count). The SMILES string of the molecule is COC(=O)CCC1CC=CC1. The molecule has 0 unspecified atom stereocenters. The Hall–Kier alpha value is -0.790. The van der Waals surface area contributed by atoms with Crippen LogP contribution in [-0.2, 0) is 9.53 Å². The van der Waals surface area contributed by atoms with Gasteiger partial charge in [0.15, 0.2) is 0 Å². The molecule has 11 heavy (non-hydrogen) atoms. The molecule has 0 aliphatic heterocycles. The Labute approximate surface area is 67.2 Å². The van der Waals surface area contributed by atoms with E-state index in [4.69, 9.17) is 0 Å². The summed E-state index contributed by atoms with van der Waals surface area (Å²) >= 11 is 0. The molecule has 0 saturated carbocycles. The summed E-state index contributed by atoms with van der Waals surface area (Å²) in [5.41, 5.74) is 0. The van der Waals surface area contributed by atoms with Crippen molar-refractivity contribution in [2.24, 2.45) is 5.92 Å². The highest BCUT2D eigenvalue weighted by Crippen LogP contribution is 2.22. The van der Waals surface area contributed by atoms with Crippen LogP contribution in [-0.4, -0.2) is 13.1 Å². The second-order valence-electron chi connectivity index (χ2n) is 2.92. The Kier molecular flexibility index (Phi) is 3.14. The largest absolute Gasteiger partial charge is 0.469 e. The van der Waals surface area contributed by atoms with Gasteiger partial charge in [-0.2, -0.15) is 0 Å². The predicted molar refractivity (Wildman–Crippen MR) is 43.1 cm³/mol. The van der Waals surface area contributed by atoms with E-state index in [1.807, 2.05) is 0 Å². The Morgan fingerprint density at radius 3 is 2.73 bits per heavy atom. The van der Waals surface area contributed by atoms with Crippen LogP contribution in [0.4, 0.5) is 0 Å². The van der Waals surface area contributed by atoms with Gasteiger partial charge in [-0.3, -0.25) is 4.79 Å². The van der Waals surface area contributed by atoms with Crippen molar-refractivity contribution in [3.05, 3.63) is 12.2 Å². The van der Waals surface area contributed by atoms with E-state index in [2.05, 4.69) is 16.9 Å². The number of methoxy groups -OCH3 is 1. The second-order valence-corrected chi connectivity index (χ2v) is 2.92. The zero-order valence-electron chi connectivity index (χ0n) is 6.88. The molecule has 0 saturated heterocycles. The molecule has 0 radical (unpaired) electrons. The molecule has 0 N–H and O–H groups in total. The Balaban J connectivity index is 2.07. The molecule has 0 atom stereocenters. The number of carbonyl (C=O) groups excluding carboxylic acids is 1. The first-order valence-corrected chi connectivity index (χ1v) is 4.04. The zero-order valence-corrected chi connectivity index (χ0v) is 6.88. The molecule has 0 heterocycles. The van der Waals surface area contributed by atoms with Gasteiger partial charge < -0.3 is 4.74 Å². The third-order valence-electron chi connectivity index (χ3n) is 2.09. The van der Waals surface area contributed by atoms with Crippen LogP contribution < -0.4 is 0 Å². The lowest BCUT2D eigenvalue weighted by atomic mass is 10.0. The van der Waals surface area contributed by atoms with Gasteiger partial charge in [0.2, 0.25) is 0 Å². The van der Waals surface area contributed by atoms with E-state index >= 15 is 0 Å². The van der Waals surface area contributed by atoms with Crippen molar-refractivity contribution in [1.82, 2.24) is 0 Å². The fraction of sp³-hybridized carbons (Fsp3) is 0.667.